The molecule has 2 aromatic rings. The van der Waals surface area contributed by atoms with E-state index >= 15 is 0 Å². The molecule has 1 heterocycles. The first-order valence-electron chi connectivity index (χ1n) is 6.25. The molecular formula is C15H15NO4S. The molecule has 0 atom stereocenters. The standard InChI is InChI=1S/C15H15NO4S/c1-10-3-5-11(6-4-10)20-9-13(17)16-14-12(7-8-21-14)15(18)19-2/h3-8H,9H2,1-2H3,(H,16,17). The van der Waals surface area contributed by atoms with Crippen LogP contribution in [-0.2, 0) is 9.53 Å². The van der Waals surface area contributed by atoms with Crippen LogP contribution in [0.25, 0.3) is 0 Å². The van der Waals surface area contributed by atoms with Crippen molar-refractivity contribution in [2.45, 2.75) is 6.92 Å². The van der Waals surface area contributed by atoms with Crippen molar-refractivity contribution < 1.29 is 19.1 Å². The van der Waals surface area contributed by atoms with Gasteiger partial charge >= 0.3 is 5.97 Å². The largest absolute Gasteiger partial charge is 0.484 e. The number of hydrogen-bond acceptors (Lipinski definition) is 5. The number of esters is 1. The number of rotatable bonds is 5. The molecule has 1 N–H and O–H groups in total. The van der Waals surface area contributed by atoms with Crippen molar-refractivity contribution in [3.63, 3.8) is 0 Å². The van der Waals surface area contributed by atoms with E-state index in [1.165, 1.54) is 18.4 Å². The number of carbonyl (C=O) groups excluding carboxylic acids is 2. The monoisotopic (exact) mass is 305 g/mol. The molecule has 0 aliphatic carbocycles. The SMILES string of the molecule is COC(=O)c1ccsc1NC(=O)COc1ccc(C)cc1. The lowest BCUT2D eigenvalue weighted by atomic mass is 10.2. The third kappa shape index (κ3) is 4.06. The highest BCUT2D eigenvalue weighted by atomic mass is 32.1. The molecule has 0 fully saturated rings. The lowest BCUT2D eigenvalue weighted by Gasteiger charge is -2.07. The Morgan fingerprint density at radius 3 is 2.57 bits per heavy atom. The van der Waals surface area contributed by atoms with Gasteiger partial charge in [0, 0.05) is 0 Å². The Bertz CT molecular complexity index is 633. The van der Waals surface area contributed by atoms with Crippen molar-refractivity contribution in [1.82, 2.24) is 0 Å². The normalized spacial score (nSPS) is 10.0. The van der Waals surface area contributed by atoms with Crippen LogP contribution >= 0.6 is 11.3 Å². The Kier molecular flexibility index (Phi) is 4.94. The van der Waals surface area contributed by atoms with Gasteiger partial charge < -0.3 is 14.8 Å². The number of ether oxygens (including phenoxy) is 2. The number of thiophene rings is 1. The van der Waals surface area contributed by atoms with Gasteiger partial charge in [0.2, 0.25) is 0 Å². The average Bonchev–Trinajstić information content (AvgIpc) is 2.94. The summed E-state index contributed by atoms with van der Waals surface area (Å²) in [6, 6.07) is 9.01. The van der Waals surface area contributed by atoms with E-state index in [4.69, 9.17) is 4.74 Å². The van der Waals surface area contributed by atoms with Crippen molar-refractivity contribution in [1.29, 1.82) is 0 Å². The summed E-state index contributed by atoms with van der Waals surface area (Å²) in [7, 11) is 1.30. The summed E-state index contributed by atoms with van der Waals surface area (Å²) in [6.07, 6.45) is 0. The number of methoxy groups -OCH3 is 1. The molecule has 0 saturated heterocycles. The second kappa shape index (κ2) is 6.90. The second-order valence-corrected chi connectivity index (χ2v) is 5.22. The zero-order valence-electron chi connectivity index (χ0n) is 11.7. The Hall–Kier alpha value is -2.34. The lowest BCUT2D eigenvalue weighted by molar-refractivity contribution is -0.118. The maximum absolute atomic E-state index is 11.8. The number of nitrogens with one attached hydrogen (secondary N) is 1. The molecule has 110 valence electrons. The van der Waals surface area contributed by atoms with Gasteiger partial charge in [-0.3, -0.25) is 4.79 Å². The van der Waals surface area contributed by atoms with E-state index in [2.05, 4.69) is 10.1 Å². The van der Waals surface area contributed by atoms with E-state index in [1.54, 1.807) is 23.6 Å². The summed E-state index contributed by atoms with van der Waals surface area (Å²) >= 11 is 1.26. The van der Waals surface area contributed by atoms with Crippen LogP contribution in [-0.4, -0.2) is 25.6 Å². The van der Waals surface area contributed by atoms with E-state index in [1.807, 2.05) is 19.1 Å². The molecule has 6 heteroatoms. The number of benzene rings is 1. The van der Waals surface area contributed by atoms with E-state index in [9.17, 15) is 9.59 Å². The van der Waals surface area contributed by atoms with Crippen LogP contribution in [0.1, 0.15) is 15.9 Å². The first kappa shape index (κ1) is 15.1. The maximum atomic E-state index is 11.8. The molecule has 2 rings (SSSR count). The van der Waals surface area contributed by atoms with E-state index in [0.717, 1.165) is 5.56 Å². The fourth-order valence-corrected chi connectivity index (χ4v) is 2.41. The smallest absolute Gasteiger partial charge is 0.340 e. The minimum absolute atomic E-state index is 0.123. The predicted octanol–water partition coefficient (Wildman–Crippen LogP) is 2.86. The molecule has 5 nitrogen and oxygen atoms in total. The van der Waals surface area contributed by atoms with Gasteiger partial charge in [-0.2, -0.15) is 0 Å². The summed E-state index contributed by atoms with van der Waals surface area (Å²) in [6.45, 7) is 1.85. The highest BCUT2D eigenvalue weighted by Gasteiger charge is 2.15. The second-order valence-electron chi connectivity index (χ2n) is 4.30. The molecule has 21 heavy (non-hydrogen) atoms. The highest BCUT2D eigenvalue weighted by Crippen LogP contribution is 2.23. The van der Waals surface area contributed by atoms with Crippen molar-refractivity contribution in [2.24, 2.45) is 0 Å². The Labute approximate surface area is 126 Å². The Morgan fingerprint density at radius 1 is 1.19 bits per heavy atom. The molecule has 0 unspecified atom stereocenters. The number of hydrogen-bond donors (Lipinski definition) is 1. The molecule has 0 bridgehead atoms. The van der Waals surface area contributed by atoms with Gasteiger partial charge in [-0.05, 0) is 30.5 Å². The number of aryl methyl sites for hydroxylation is 1. The molecule has 0 aliphatic heterocycles. The molecule has 1 amide bonds. The topological polar surface area (TPSA) is 64.6 Å². The summed E-state index contributed by atoms with van der Waals surface area (Å²) in [5.74, 6) is -0.190. The third-order valence-electron chi connectivity index (χ3n) is 2.71. The first-order valence-corrected chi connectivity index (χ1v) is 7.13. The van der Waals surface area contributed by atoms with Gasteiger partial charge in [0.25, 0.3) is 5.91 Å². The first-order chi connectivity index (χ1) is 10.1. The zero-order chi connectivity index (χ0) is 15.2. The van der Waals surface area contributed by atoms with Gasteiger partial charge in [-0.1, -0.05) is 17.7 Å². The predicted molar refractivity (Wildman–Crippen MR) is 81.0 cm³/mol. The van der Waals surface area contributed by atoms with Gasteiger partial charge in [0.15, 0.2) is 6.61 Å². The molecule has 0 radical (unpaired) electrons. The van der Waals surface area contributed by atoms with Crippen LogP contribution in [0.15, 0.2) is 35.7 Å². The van der Waals surface area contributed by atoms with Crippen LogP contribution in [0.4, 0.5) is 5.00 Å². The van der Waals surface area contributed by atoms with Crippen LogP contribution in [0, 0.1) is 6.92 Å². The van der Waals surface area contributed by atoms with Crippen LogP contribution in [0.3, 0.4) is 0 Å². The average molecular weight is 305 g/mol. The number of anilines is 1. The van der Waals surface area contributed by atoms with Crippen molar-refractivity contribution >= 4 is 28.2 Å². The number of amides is 1. The van der Waals surface area contributed by atoms with Gasteiger partial charge in [-0.15, -0.1) is 11.3 Å². The zero-order valence-corrected chi connectivity index (χ0v) is 12.5. The molecule has 1 aromatic carbocycles. The minimum atomic E-state index is -0.481. The van der Waals surface area contributed by atoms with E-state index in [-0.39, 0.29) is 12.5 Å². The summed E-state index contributed by atoms with van der Waals surface area (Å²) in [5.41, 5.74) is 1.46. The van der Waals surface area contributed by atoms with Gasteiger partial charge in [0.1, 0.15) is 10.8 Å². The summed E-state index contributed by atoms with van der Waals surface area (Å²) < 4.78 is 10.0. The summed E-state index contributed by atoms with van der Waals surface area (Å²) in [4.78, 5) is 23.3. The Balaban J connectivity index is 1.92. The van der Waals surface area contributed by atoms with Gasteiger partial charge in [-0.25, -0.2) is 4.79 Å². The molecule has 0 saturated carbocycles. The highest BCUT2D eigenvalue weighted by molar-refractivity contribution is 7.14. The van der Waals surface area contributed by atoms with Crippen molar-refractivity contribution in [3.8, 4) is 5.75 Å². The van der Waals surface area contributed by atoms with Crippen LogP contribution in [0.5, 0.6) is 5.75 Å². The summed E-state index contributed by atoms with van der Waals surface area (Å²) in [5, 5.41) is 4.81. The van der Waals surface area contributed by atoms with Crippen molar-refractivity contribution in [2.75, 3.05) is 19.0 Å². The van der Waals surface area contributed by atoms with Crippen LogP contribution in [0.2, 0.25) is 0 Å². The molecule has 0 spiro atoms. The third-order valence-corrected chi connectivity index (χ3v) is 3.54. The quantitative estimate of drug-likeness (QED) is 0.863. The van der Waals surface area contributed by atoms with Crippen molar-refractivity contribution in [3.05, 3.63) is 46.8 Å². The lowest BCUT2D eigenvalue weighted by Crippen LogP contribution is -2.20. The fraction of sp³-hybridized carbons (Fsp3) is 0.200. The number of carbonyl (C=O) groups is 2. The van der Waals surface area contributed by atoms with Crippen LogP contribution < -0.4 is 10.1 Å². The molecule has 1 aromatic heterocycles. The molecular weight excluding hydrogens is 290 g/mol. The fourth-order valence-electron chi connectivity index (χ4n) is 1.62. The maximum Gasteiger partial charge on any atom is 0.340 e. The van der Waals surface area contributed by atoms with Gasteiger partial charge in [0.05, 0.1) is 12.7 Å². The Morgan fingerprint density at radius 2 is 1.90 bits per heavy atom. The molecule has 0 aliphatic rings. The minimum Gasteiger partial charge on any atom is -0.484 e. The van der Waals surface area contributed by atoms with E-state index in [0.29, 0.717) is 16.3 Å². The van der Waals surface area contributed by atoms with E-state index < -0.39 is 5.97 Å².